The molecule has 2 N–H and O–H groups in total. The van der Waals surface area contributed by atoms with Crippen molar-refractivity contribution < 1.29 is 22.3 Å². The second kappa shape index (κ2) is 10.9. The van der Waals surface area contributed by atoms with Gasteiger partial charge in [0.2, 0.25) is 10.0 Å². The molecule has 0 atom stereocenters. The number of rotatable bonds is 10. The van der Waals surface area contributed by atoms with Crippen molar-refractivity contribution >= 4 is 15.9 Å². The van der Waals surface area contributed by atoms with E-state index in [4.69, 9.17) is 4.74 Å². The van der Waals surface area contributed by atoms with Crippen LogP contribution in [0.3, 0.4) is 0 Å². The van der Waals surface area contributed by atoms with Gasteiger partial charge >= 0.3 is 0 Å². The standard InChI is InChI=1S/C22H23FN4O4S/c1-2-31-10-9-27-32(29,30)20-8-3-5-16(11-20)13-26-22(28)18-14-24-21(25-15-18)17-6-4-7-19(23)12-17/h3-8,11-12,14-15,27H,2,9-10,13H2,1H3,(H,26,28). The van der Waals surface area contributed by atoms with E-state index in [0.717, 1.165) is 0 Å². The number of aromatic nitrogens is 2. The summed E-state index contributed by atoms with van der Waals surface area (Å²) in [6.07, 6.45) is 2.71. The number of amides is 1. The molecule has 0 unspecified atom stereocenters. The van der Waals surface area contributed by atoms with Crippen LogP contribution < -0.4 is 10.0 Å². The summed E-state index contributed by atoms with van der Waals surface area (Å²) in [4.78, 5) is 20.7. The second-order valence-electron chi connectivity index (χ2n) is 6.73. The molecule has 2 aromatic carbocycles. The molecule has 3 rings (SSSR count). The minimum atomic E-state index is -3.68. The van der Waals surface area contributed by atoms with Crippen LogP contribution in [0.15, 0.2) is 65.8 Å². The van der Waals surface area contributed by atoms with Gasteiger partial charge in [-0.3, -0.25) is 4.79 Å². The smallest absolute Gasteiger partial charge is 0.254 e. The van der Waals surface area contributed by atoms with Crippen molar-refractivity contribution in [1.29, 1.82) is 0 Å². The van der Waals surface area contributed by atoms with E-state index in [-0.39, 0.29) is 30.2 Å². The Bertz CT molecular complexity index is 1170. The lowest BCUT2D eigenvalue weighted by Crippen LogP contribution is -2.28. The third-order valence-corrected chi connectivity index (χ3v) is 5.86. The Morgan fingerprint density at radius 1 is 1.09 bits per heavy atom. The van der Waals surface area contributed by atoms with Gasteiger partial charge in [-0.25, -0.2) is 27.5 Å². The minimum absolute atomic E-state index is 0.100. The molecular formula is C22H23FN4O4S. The SMILES string of the molecule is CCOCCNS(=O)(=O)c1cccc(CNC(=O)c2cnc(-c3cccc(F)c3)nc2)c1. The first-order valence-corrected chi connectivity index (χ1v) is 11.4. The summed E-state index contributed by atoms with van der Waals surface area (Å²) in [5.41, 5.74) is 1.35. The lowest BCUT2D eigenvalue weighted by molar-refractivity contribution is 0.0950. The van der Waals surface area contributed by atoms with Crippen LogP contribution >= 0.6 is 0 Å². The van der Waals surface area contributed by atoms with Gasteiger partial charge in [-0.15, -0.1) is 0 Å². The van der Waals surface area contributed by atoms with Gasteiger partial charge in [-0.2, -0.15) is 0 Å². The van der Waals surface area contributed by atoms with Crippen LogP contribution in [0.1, 0.15) is 22.8 Å². The molecule has 32 heavy (non-hydrogen) atoms. The molecule has 168 valence electrons. The molecule has 10 heteroatoms. The Labute approximate surface area is 185 Å². The largest absolute Gasteiger partial charge is 0.380 e. The van der Waals surface area contributed by atoms with Gasteiger partial charge in [-0.1, -0.05) is 24.3 Å². The zero-order chi connectivity index (χ0) is 23.0. The van der Waals surface area contributed by atoms with E-state index in [0.29, 0.717) is 23.6 Å². The molecule has 1 amide bonds. The summed E-state index contributed by atoms with van der Waals surface area (Å²) in [7, 11) is -3.68. The Kier molecular flexibility index (Phi) is 7.98. The molecule has 0 aliphatic carbocycles. The van der Waals surface area contributed by atoms with E-state index < -0.39 is 21.7 Å². The molecule has 0 saturated carbocycles. The first-order valence-electron chi connectivity index (χ1n) is 9.91. The number of hydrogen-bond acceptors (Lipinski definition) is 6. The quantitative estimate of drug-likeness (QED) is 0.452. The molecule has 0 bridgehead atoms. The van der Waals surface area contributed by atoms with E-state index in [2.05, 4.69) is 20.0 Å². The number of ether oxygens (including phenoxy) is 1. The van der Waals surface area contributed by atoms with Gasteiger partial charge < -0.3 is 10.1 Å². The van der Waals surface area contributed by atoms with Crippen molar-refractivity contribution in [2.75, 3.05) is 19.8 Å². The first kappa shape index (κ1) is 23.5. The number of sulfonamides is 1. The second-order valence-corrected chi connectivity index (χ2v) is 8.50. The summed E-state index contributed by atoms with van der Waals surface area (Å²) in [5.74, 6) is -0.517. The van der Waals surface area contributed by atoms with Crippen molar-refractivity contribution in [3.8, 4) is 11.4 Å². The Morgan fingerprint density at radius 3 is 2.56 bits per heavy atom. The number of carbonyl (C=O) groups is 1. The van der Waals surface area contributed by atoms with Crippen LogP contribution in [0.4, 0.5) is 4.39 Å². The van der Waals surface area contributed by atoms with Crippen molar-refractivity contribution in [2.24, 2.45) is 0 Å². The maximum atomic E-state index is 13.3. The number of carbonyl (C=O) groups excluding carboxylic acids is 1. The van der Waals surface area contributed by atoms with Crippen molar-refractivity contribution in [3.05, 3.63) is 77.9 Å². The van der Waals surface area contributed by atoms with E-state index in [1.54, 1.807) is 24.3 Å². The molecule has 0 saturated heterocycles. The highest BCUT2D eigenvalue weighted by molar-refractivity contribution is 7.89. The van der Waals surface area contributed by atoms with Crippen LogP contribution in [0, 0.1) is 5.82 Å². The van der Waals surface area contributed by atoms with Gasteiger partial charge in [-0.05, 0) is 36.8 Å². The molecule has 0 radical (unpaired) electrons. The zero-order valence-corrected chi connectivity index (χ0v) is 18.2. The molecule has 0 aliphatic heterocycles. The predicted molar refractivity (Wildman–Crippen MR) is 117 cm³/mol. The number of nitrogens with one attached hydrogen (secondary N) is 2. The summed E-state index contributed by atoms with van der Waals surface area (Å²) >= 11 is 0. The normalized spacial score (nSPS) is 11.3. The fourth-order valence-corrected chi connectivity index (χ4v) is 3.89. The summed E-state index contributed by atoms with van der Waals surface area (Å²) in [6.45, 7) is 2.91. The third kappa shape index (κ3) is 6.39. The lowest BCUT2D eigenvalue weighted by Gasteiger charge is -2.09. The highest BCUT2D eigenvalue weighted by Crippen LogP contribution is 2.16. The van der Waals surface area contributed by atoms with Gasteiger partial charge in [0.05, 0.1) is 17.1 Å². The number of hydrogen-bond donors (Lipinski definition) is 2. The van der Waals surface area contributed by atoms with Crippen molar-refractivity contribution in [2.45, 2.75) is 18.4 Å². The molecule has 8 nitrogen and oxygen atoms in total. The van der Waals surface area contributed by atoms with Gasteiger partial charge in [0.1, 0.15) is 5.82 Å². The average Bonchev–Trinajstić information content (AvgIpc) is 2.80. The van der Waals surface area contributed by atoms with E-state index in [1.807, 2.05) is 6.92 Å². The lowest BCUT2D eigenvalue weighted by atomic mass is 10.2. The van der Waals surface area contributed by atoms with Crippen LogP contribution in [-0.4, -0.2) is 44.1 Å². The first-order chi connectivity index (χ1) is 15.4. The molecule has 1 heterocycles. The maximum Gasteiger partial charge on any atom is 0.254 e. The van der Waals surface area contributed by atoms with Crippen LogP contribution in [0.25, 0.3) is 11.4 Å². The number of benzene rings is 2. The van der Waals surface area contributed by atoms with E-state index in [1.165, 1.54) is 36.7 Å². The summed E-state index contributed by atoms with van der Waals surface area (Å²) < 4.78 is 45.7. The van der Waals surface area contributed by atoms with Crippen LogP contribution in [0.2, 0.25) is 0 Å². The topological polar surface area (TPSA) is 110 Å². The van der Waals surface area contributed by atoms with Gasteiger partial charge in [0.15, 0.2) is 5.82 Å². The predicted octanol–water partition coefficient (Wildman–Crippen LogP) is 2.53. The van der Waals surface area contributed by atoms with Crippen LogP contribution in [0.5, 0.6) is 0 Å². The Hall–Kier alpha value is -3.21. The minimum Gasteiger partial charge on any atom is -0.380 e. The van der Waals surface area contributed by atoms with Crippen molar-refractivity contribution in [3.63, 3.8) is 0 Å². The van der Waals surface area contributed by atoms with E-state index >= 15 is 0 Å². The molecule has 0 spiro atoms. The summed E-state index contributed by atoms with van der Waals surface area (Å²) in [5, 5.41) is 2.71. The molecule has 0 fully saturated rings. The third-order valence-electron chi connectivity index (χ3n) is 4.40. The highest BCUT2D eigenvalue weighted by Gasteiger charge is 2.14. The molecular weight excluding hydrogens is 435 g/mol. The number of halogens is 1. The Balaban J connectivity index is 1.60. The van der Waals surface area contributed by atoms with Crippen molar-refractivity contribution in [1.82, 2.24) is 20.0 Å². The van der Waals surface area contributed by atoms with Gasteiger partial charge in [0.25, 0.3) is 5.91 Å². The molecule has 1 aromatic heterocycles. The monoisotopic (exact) mass is 458 g/mol. The average molecular weight is 459 g/mol. The molecule has 3 aromatic rings. The molecule has 0 aliphatic rings. The fraction of sp³-hybridized carbons (Fsp3) is 0.227. The highest BCUT2D eigenvalue weighted by atomic mass is 32.2. The maximum absolute atomic E-state index is 13.3. The van der Waals surface area contributed by atoms with E-state index in [9.17, 15) is 17.6 Å². The Morgan fingerprint density at radius 2 is 1.84 bits per heavy atom. The number of nitrogens with zero attached hydrogens (tertiary/aromatic N) is 2. The fourth-order valence-electron chi connectivity index (χ4n) is 2.80. The summed E-state index contributed by atoms with van der Waals surface area (Å²) in [6, 6.07) is 12.1. The van der Waals surface area contributed by atoms with Gasteiger partial charge in [0, 0.05) is 37.7 Å². The van der Waals surface area contributed by atoms with Crippen LogP contribution in [-0.2, 0) is 21.3 Å². The zero-order valence-electron chi connectivity index (χ0n) is 17.4.